The second-order valence-electron chi connectivity index (χ2n) is 11.6. The third kappa shape index (κ3) is 5.63. The molecule has 3 aromatic carbocycles. The molecular weight excluding hydrogens is 550 g/mol. The monoisotopic (exact) mass is 583 g/mol. The van der Waals surface area contributed by atoms with E-state index in [0.717, 1.165) is 60.2 Å². The van der Waals surface area contributed by atoms with Gasteiger partial charge in [-0.1, -0.05) is 48.0 Å². The highest BCUT2D eigenvalue weighted by atomic mass is 35.5. The molecule has 216 valence electrons. The van der Waals surface area contributed by atoms with Crippen molar-refractivity contribution in [3.8, 4) is 0 Å². The Hall–Kier alpha value is -3.81. The molecule has 7 nitrogen and oxygen atoms in total. The van der Waals surface area contributed by atoms with Crippen LogP contribution in [0, 0.1) is 6.92 Å². The SMILES string of the molecule is Cc1cc(Cl)ccc1N1CCN(Cc2ccc(CCc3cccc4c3C(=O)N(C3CCC(=O)CC3=O)C4=O)cc2)CC1. The fraction of sp³-hybridized carbons (Fsp3) is 0.353. The number of hydrogen-bond donors (Lipinski definition) is 0. The van der Waals surface area contributed by atoms with Crippen LogP contribution in [0.25, 0.3) is 0 Å². The van der Waals surface area contributed by atoms with E-state index in [1.807, 2.05) is 18.2 Å². The van der Waals surface area contributed by atoms with Gasteiger partial charge in [0.2, 0.25) is 0 Å². The molecule has 0 bridgehead atoms. The topological polar surface area (TPSA) is 78.0 Å². The molecular formula is C34H34ClN3O4. The zero-order valence-corrected chi connectivity index (χ0v) is 24.5. The molecule has 1 saturated heterocycles. The molecule has 0 aromatic heterocycles. The maximum atomic E-state index is 13.4. The Kier molecular flexibility index (Phi) is 7.97. The summed E-state index contributed by atoms with van der Waals surface area (Å²) in [5.41, 5.74) is 6.45. The summed E-state index contributed by atoms with van der Waals surface area (Å²) in [7, 11) is 0. The van der Waals surface area contributed by atoms with Crippen LogP contribution in [-0.2, 0) is 29.0 Å². The van der Waals surface area contributed by atoms with Crippen molar-refractivity contribution in [1.29, 1.82) is 0 Å². The Morgan fingerprint density at radius 1 is 0.833 bits per heavy atom. The van der Waals surface area contributed by atoms with Gasteiger partial charge in [0.15, 0.2) is 5.78 Å². The van der Waals surface area contributed by atoms with Crippen molar-refractivity contribution < 1.29 is 19.2 Å². The molecule has 3 aliphatic rings. The molecule has 42 heavy (non-hydrogen) atoms. The number of amides is 2. The third-order valence-corrected chi connectivity index (χ3v) is 9.00. The van der Waals surface area contributed by atoms with Crippen LogP contribution in [0.15, 0.2) is 60.7 Å². The molecule has 0 radical (unpaired) electrons. The molecule has 6 rings (SSSR count). The van der Waals surface area contributed by atoms with Gasteiger partial charge in [-0.3, -0.25) is 29.0 Å². The minimum absolute atomic E-state index is 0.133. The highest BCUT2D eigenvalue weighted by molar-refractivity contribution is 6.30. The number of piperazine rings is 1. The average molecular weight is 584 g/mol. The van der Waals surface area contributed by atoms with Gasteiger partial charge in [-0.05, 0) is 72.7 Å². The van der Waals surface area contributed by atoms with Crippen molar-refractivity contribution >= 4 is 40.7 Å². The molecule has 1 aliphatic carbocycles. The number of aryl methyl sites for hydroxylation is 3. The Morgan fingerprint density at radius 2 is 1.57 bits per heavy atom. The summed E-state index contributed by atoms with van der Waals surface area (Å²) in [6, 6.07) is 19.2. The fourth-order valence-electron chi connectivity index (χ4n) is 6.47. The summed E-state index contributed by atoms with van der Waals surface area (Å²) >= 11 is 6.13. The van der Waals surface area contributed by atoms with E-state index in [4.69, 9.17) is 11.6 Å². The quantitative estimate of drug-likeness (QED) is 0.286. The van der Waals surface area contributed by atoms with Crippen LogP contribution in [-0.4, -0.2) is 65.4 Å². The van der Waals surface area contributed by atoms with Gasteiger partial charge in [-0.15, -0.1) is 0 Å². The van der Waals surface area contributed by atoms with Crippen LogP contribution in [0.2, 0.25) is 5.02 Å². The number of hydrogen-bond acceptors (Lipinski definition) is 6. The Balaban J connectivity index is 1.05. The van der Waals surface area contributed by atoms with Crippen molar-refractivity contribution in [3.63, 3.8) is 0 Å². The first kappa shape index (κ1) is 28.3. The van der Waals surface area contributed by atoms with Crippen LogP contribution >= 0.6 is 11.6 Å². The number of nitrogens with zero attached hydrogens (tertiary/aromatic N) is 3. The number of Topliss-reactive ketones (excluding diaryl/α,β-unsaturated/α-hetero) is 2. The summed E-state index contributed by atoms with van der Waals surface area (Å²) < 4.78 is 0. The molecule has 1 unspecified atom stereocenters. The number of carbonyl (C=O) groups is 4. The van der Waals surface area contributed by atoms with E-state index >= 15 is 0 Å². The first-order valence-corrected chi connectivity index (χ1v) is 15.0. The third-order valence-electron chi connectivity index (χ3n) is 8.77. The number of anilines is 1. The average Bonchev–Trinajstić information content (AvgIpc) is 3.23. The smallest absolute Gasteiger partial charge is 0.262 e. The second kappa shape index (κ2) is 11.8. The predicted molar refractivity (Wildman–Crippen MR) is 162 cm³/mol. The normalized spacial score (nSPS) is 19.5. The van der Waals surface area contributed by atoms with Crippen LogP contribution in [0.4, 0.5) is 5.69 Å². The highest BCUT2D eigenvalue weighted by Gasteiger charge is 2.45. The highest BCUT2D eigenvalue weighted by Crippen LogP contribution is 2.32. The second-order valence-corrected chi connectivity index (χ2v) is 12.0. The minimum Gasteiger partial charge on any atom is -0.369 e. The first-order valence-electron chi connectivity index (χ1n) is 14.6. The first-order chi connectivity index (χ1) is 20.3. The predicted octanol–water partition coefficient (Wildman–Crippen LogP) is 5.04. The molecule has 1 atom stereocenters. The molecule has 3 aromatic rings. The lowest BCUT2D eigenvalue weighted by molar-refractivity contribution is -0.132. The maximum absolute atomic E-state index is 13.4. The van der Waals surface area contributed by atoms with Crippen LogP contribution in [0.5, 0.6) is 0 Å². The van der Waals surface area contributed by atoms with E-state index in [0.29, 0.717) is 17.5 Å². The summed E-state index contributed by atoms with van der Waals surface area (Å²) in [6.45, 7) is 6.96. The van der Waals surface area contributed by atoms with Gasteiger partial charge >= 0.3 is 0 Å². The van der Waals surface area contributed by atoms with E-state index < -0.39 is 17.9 Å². The summed E-state index contributed by atoms with van der Waals surface area (Å²) in [6.07, 6.45) is 1.56. The lowest BCUT2D eigenvalue weighted by Gasteiger charge is -2.37. The number of benzene rings is 3. The molecule has 2 amide bonds. The number of ketones is 2. The van der Waals surface area contributed by atoms with Crippen molar-refractivity contribution in [2.45, 2.75) is 51.6 Å². The maximum Gasteiger partial charge on any atom is 0.262 e. The molecule has 1 saturated carbocycles. The van der Waals surface area contributed by atoms with E-state index in [1.54, 1.807) is 12.1 Å². The number of carbonyl (C=O) groups excluding carboxylic acids is 4. The summed E-state index contributed by atoms with van der Waals surface area (Å²) in [4.78, 5) is 56.7. The van der Waals surface area contributed by atoms with Gasteiger partial charge in [0, 0.05) is 49.9 Å². The largest absolute Gasteiger partial charge is 0.369 e. The van der Waals surface area contributed by atoms with Crippen LogP contribution < -0.4 is 4.90 Å². The molecule has 0 spiro atoms. The zero-order valence-electron chi connectivity index (χ0n) is 23.8. The fourth-order valence-corrected chi connectivity index (χ4v) is 6.69. The van der Waals surface area contributed by atoms with Crippen LogP contribution in [0.1, 0.15) is 62.2 Å². The summed E-state index contributed by atoms with van der Waals surface area (Å²) in [5.74, 6) is -1.33. The molecule has 0 N–H and O–H groups in total. The molecule has 8 heteroatoms. The molecule has 2 heterocycles. The standard InChI is InChI=1S/C34H34ClN3O4/c1-22-19-26(35)11-13-29(22)37-17-15-36(16-18-37)21-24-7-5-23(6-8-24)9-10-25-3-2-4-28-32(25)34(42)38(33(28)41)30-14-12-27(39)20-31(30)40/h2-8,11,13,19,30H,9-10,12,14-18,20-21H2,1H3. The van der Waals surface area contributed by atoms with Crippen LogP contribution in [0.3, 0.4) is 0 Å². The lowest BCUT2D eigenvalue weighted by atomic mass is 9.92. The zero-order chi connectivity index (χ0) is 29.4. The number of halogens is 1. The number of fused-ring (bicyclic) bond motifs is 1. The Bertz CT molecular complexity index is 1560. The van der Waals surface area contributed by atoms with Crippen molar-refractivity contribution in [3.05, 3.63) is 99.1 Å². The number of imide groups is 1. The Morgan fingerprint density at radius 3 is 2.29 bits per heavy atom. The van der Waals surface area contributed by atoms with Gasteiger partial charge in [0.25, 0.3) is 11.8 Å². The van der Waals surface area contributed by atoms with E-state index in [-0.39, 0.29) is 30.8 Å². The van der Waals surface area contributed by atoms with E-state index in [9.17, 15) is 19.2 Å². The summed E-state index contributed by atoms with van der Waals surface area (Å²) in [5, 5.41) is 0.772. The molecule has 2 fully saturated rings. The minimum atomic E-state index is -0.847. The Labute approximate surface area is 251 Å². The molecule has 2 aliphatic heterocycles. The van der Waals surface area contributed by atoms with Gasteiger partial charge in [0.05, 0.1) is 23.6 Å². The van der Waals surface area contributed by atoms with Gasteiger partial charge < -0.3 is 4.90 Å². The van der Waals surface area contributed by atoms with Gasteiger partial charge in [-0.25, -0.2) is 0 Å². The van der Waals surface area contributed by atoms with Crippen molar-refractivity contribution in [2.24, 2.45) is 0 Å². The van der Waals surface area contributed by atoms with E-state index in [2.05, 4.69) is 47.1 Å². The number of rotatable bonds is 7. The lowest BCUT2D eigenvalue weighted by Crippen LogP contribution is -2.47. The van der Waals surface area contributed by atoms with E-state index in [1.165, 1.54) is 16.8 Å². The van der Waals surface area contributed by atoms with Gasteiger partial charge in [0.1, 0.15) is 5.78 Å². The van der Waals surface area contributed by atoms with Gasteiger partial charge in [-0.2, -0.15) is 0 Å². The van der Waals surface area contributed by atoms with Crippen molar-refractivity contribution in [2.75, 3.05) is 31.1 Å². The van der Waals surface area contributed by atoms with Crippen molar-refractivity contribution in [1.82, 2.24) is 9.80 Å².